The molecule has 1 aromatic heterocycles. The van der Waals surface area contributed by atoms with Crippen molar-refractivity contribution >= 4 is 35.7 Å². The maximum absolute atomic E-state index is 14.2. The largest absolute Gasteiger partial charge is 0.512 e. The number of hydrogen-bond acceptors (Lipinski definition) is 6. The van der Waals surface area contributed by atoms with Crippen LogP contribution in [0, 0.1) is 5.82 Å². The van der Waals surface area contributed by atoms with E-state index >= 15 is 0 Å². The van der Waals surface area contributed by atoms with Crippen LogP contribution in [0.4, 0.5) is 9.18 Å². The Morgan fingerprint density at radius 3 is 2.46 bits per heavy atom. The lowest BCUT2D eigenvalue weighted by Crippen LogP contribution is -2.41. The zero-order valence-electron chi connectivity index (χ0n) is 23.0. The summed E-state index contributed by atoms with van der Waals surface area (Å²) >= 11 is 0. The number of ether oxygens (including phenoxy) is 2. The first-order valence-corrected chi connectivity index (χ1v) is 13.2. The van der Waals surface area contributed by atoms with Gasteiger partial charge in [0.15, 0.2) is 0 Å². The van der Waals surface area contributed by atoms with Crippen LogP contribution >= 0.6 is 0 Å². The average Bonchev–Trinajstić information content (AvgIpc) is 3.49. The van der Waals surface area contributed by atoms with Crippen LogP contribution in [0.3, 0.4) is 0 Å². The van der Waals surface area contributed by atoms with Gasteiger partial charge >= 0.3 is 19.2 Å². The molecule has 3 aromatic rings. The molecule has 2 aliphatic rings. The highest BCUT2D eigenvalue weighted by Gasteiger charge is 2.53. The third kappa shape index (κ3) is 5.54. The lowest BCUT2D eigenvalue weighted by Gasteiger charge is -2.32. The van der Waals surface area contributed by atoms with Gasteiger partial charge in [0.25, 0.3) is 0 Å². The van der Waals surface area contributed by atoms with Gasteiger partial charge in [0.05, 0.1) is 17.7 Å². The van der Waals surface area contributed by atoms with E-state index in [1.807, 2.05) is 58.0 Å². The molecular formula is C29H34BFN2O6. The quantitative estimate of drug-likeness (QED) is 0.369. The van der Waals surface area contributed by atoms with E-state index in [4.69, 9.17) is 18.8 Å². The predicted octanol–water partition coefficient (Wildman–Crippen LogP) is 4.49. The molecule has 206 valence electrons. The first-order valence-electron chi connectivity index (χ1n) is 13.2. The molecular weight excluding hydrogens is 502 g/mol. The second kappa shape index (κ2) is 10.3. The van der Waals surface area contributed by atoms with Gasteiger partial charge in [-0.3, -0.25) is 4.79 Å². The van der Waals surface area contributed by atoms with Crippen molar-refractivity contribution in [2.45, 2.75) is 77.4 Å². The summed E-state index contributed by atoms with van der Waals surface area (Å²) in [7, 11) is -0.704. The number of esters is 1. The number of carbonyl (C=O) groups excluding carboxylic acids is 2. The van der Waals surface area contributed by atoms with Crippen LogP contribution in [-0.4, -0.2) is 59.0 Å². The fourth-order valence-electron chi connectivity index (χ4n) is 5.28. The molecule has 0 saturated carbocycles. The number of rotatable bonds is 6. The van der Waals surface area contributed by atoms with E-state index in [1.54, 1.807) is 11.0 Å². The number of likely N-dealkylation sites (tertiary alicyclic amines) is 1. The molecule has 3 heterocycles. The number of carbonyl (C=O) groups is 2. The van der Waals surface area contributed by atoms with Gasteiger partial charge in [0.2, 0.25) is 0 Å². The molecule has 2 aliphatic heterocycles. The molecule has 1 N–H and O–H groups in total. The average molecular weight is 536 g/mol. The van der Waals surface area contributed by atoms with Crippen molar-refractivity contribution in [2.75, 3.05) is 6.54 Å². The van der Waals surface area contributed by atoms with Crippen LogP contribution < -0.4 is 5.59 Å². The number of aromatic nitrogens is 1. The van der Waals surface area contributed by atoms with Crippen LogP contribution in [0.1, 0.15) is 52.2 Å². The first kappa shape index (κ1) is 27.2. The minimum atomic E-state index is -0.704. The van der Waals surface area contributed by atoms with Gasteiger partial charge in [-0.2, -0.15) is 0 Å². The number of aromatic amines is 1. The number of fused-ring (bicyclic) bond motifs is 1. The number of halogens is 1. The van der Waals surface area contributed by atoms with E-state index in [1.165, 1.54) is 19.1 Å². The molecule has 2 atom stereocenters. The monoisotopic (exact) mass is 536 g/mol. The maximum atomic E-state index is 14.2. The van der Waals surface area contributed by atoms with E-state index in [0.29, 0.717) is 24.0 Å². The van der Waals surface area contributed by atoms with Crippen molar-refractivity contribution < 1.29 is 32.8 Å². The number of hydrogen-bond donors (Lipinski definition) is 1. The summed E-state index contributed by atoms with van der Waals surface area (Å²) in [5, 5.41) is 0.814. The number of amides is 1. The van der Waals surface area contributed by atoms with Gasteiger partial charge in [0.1, 0.15) is 18.5 Å². The summed E-state index contributed by atoms with van der Waals surface area (Å²) in [6.07, 6.45) is -0.0961. The van der Waals surface area contributed by atoms with Crippen LogP contribution in [0.5, 0.6) is 0 Å². The Hall–Kier alpha value is -3.37. The Kier molecular flexibility index (Phi) is 7.20. The Morgan fingerprint density at radius 1 is 1.10 bits per heavy atom. The molecule has 0 unspecified atom stereocenters. The van der Waals surface area contributed by atoms with E-state index < -0.39 is 36.5 Å². The van der Waals surface area contributed by atoms with Gasteiger partial charge in [-0.05, 0) is 63.4 Å². The highest BCUT2D eigenvalue weighted by atomic mass is 19.1. The van der Waals surface area contributed by atoms with E-state index in [9.17, 15) is 14.0 Å². The van der Waals surface area contributed by atoms with Crippen LogP contribution in [-0.2, 0) is 36.6 Å². The summed E-state index contributed by atoms with van der Waals surface area (Å²) in [5.41, 5.74) is 1.89. The van der Waals surface area contributed by atoms with E-state index in [-0.39, 0.29) is 25.0 Å². The van der Waals surface area contributed by atoms with Gasteiger partial charge in [-0.1, -0.05) is 30.3 Å². The third-order valence-electron chi connectivity index (χ3n) is 7.98. The van der Waals surface area contributed by atoms with Gasteiger partial charge in [0, 0.05) is 35.9 Å². The minimum absolute atomic E-state index is 0.132. The standard InChI is InChI=1S/C29H34BFN2O6/c1-18(34)37-22-14-21(33(16-22)27(35)36-17-19-9-7-6-8-10-19)15-24-23-12-11-20(31)13-25(23)32-26(24)30-38-28(2,3)29(4,5)39-30/h6-13,21-22,32H,14-17H2,1-5H3/t21-,22-/m0/s1. The molecule has 1 amide bonds. The molecule has 39 heavy (non-hydrogen) atoms. The van der Waals surface area contributed by atoms with Gasteiger partial charge in [-0.15, -0.1) is 0 Å². The molecule has 5 rings (SSSR count). The van der Waals surface area contributed by atoms with E-state index in [2.05, 4.69) is 4.98 Å². The van der Waals surface area contributed by atoms with Crippen molar-refractivity contribution in [1.82, 2.24) is 9.88 Å². The second-order valence-corrected chi connectivity index (χ2v) is 11.3. The number of benzene rings is 2. The smallest absolute Gasteiger partial charge is 0.461 e. The summed E-state index contributed by atoms with van der Waals surface area (Å²) < 4.78 is 38.0. The highest BCUT2D eigenvalue weighted by molar-refractivity contribution is 6.62. The molecule has 0 radical (unpaired) electrons. The molecule has 8 nitrogen and oxygen atoms in total. The van der Waals surface area contributed by atoms with Crippen LogP contribution in [0.25, 0.3) is 10.9 Å². The second-order valence-electron chi connectivity index (χ2n) is 11.3. The fourth-order valence-corrected chi connectivity index (χ4v) is 5.28. The third-order valence-corrected chi connectivity index (χ3v) is 7.98. The van der Waals surface area contributed by atoms with Crippen molar-refractivity contribution in [3.63, 3.8) is 0 Å². The van der Waals surface area contributed by atoms with Crippen molar-refractivity contribution in [3.05, 3.63) is 65.5 Å². The maximum Gasteiger partial charge on any atom is 0.512 e. The molecule has 0 bridgehead atoms. The molecule has 10 heteroatoms. The zero-order chi connectivity index (χ0) is 27.9. The van der Waals surface area contributed by atoms with Crippen molar-refractivity contribution in [3.8, 4) is 0 Å². The van der Waals surface area contributed by atoms with Gasteiger partial charge < -0.3 is 28.7 Å². The number of H-pyrrole nitrogens is 1. The van der Waals surface area contributed by atoms with Crippen LogP contribution in [0.15, 0.2) is 48.5 Å². The Labute approximate surface area is 227 Å². The SMILES string of the molecule is CC(=O)O[C@H]1C[C@@H](Cc2c(B3OC(C)(C)C(C)(C)O3)[nH]c3cc(F)ccc23)N(C(=O)OCc2ccccc2)C1. The highest BCUT2D eigenvalue weighted by Crippen LogP contribution is 2.37. The minimum Gasteiger partial charge on any atom is -0.461 e. The topological polar surface area (TPSA) is 90.1 Å². The normalized spacial score (nSPS) is 21.9. The molecule has 2 saturated heterocycles. The molecule has 2 fully saturated rings. The molecule has 0 spiro atoms. The van der Waals surface area contributed by atoms with Crippen molar-refractivity contribution in [2.24, 2.45) is 0 Å². The summed E-state index contributed by atoms with van der Waals surface area (Å²) in [4.78, 5) is 29.9. The molecule has 2 aromatic carbocycles. The zero-order valence-corrected chi connectivity index (χ0v) is 23.0. The van der Waals surface area contributed by atoms with E-state index in [0.717, 1.165) is 16.5 Å². The lowest BCUT2D eigenvalue weighted by molar-refractivity contribution is -0.145. The lowest BCUT2D eigenvalue weighted by atomic mass is 9.79. The Balaban J connectivity index is 1.45. The van der Waals surface area contributed by atoms with Crippen LogP contribution in [0.2, 0.25) is 0 Å². The summed E-state index contributed by atoms with van der Waals surface area (Å²) in [6.45, 7) is 9.60. The Morgan fingerprint density at radius 2 is 1.79 bits per heavy atom. The number of nitrogens with one attached hydrogen (secondary N) is 1. The summed E-state index contributed by atoms with van der Waals surface area (Å²) in [6, 6.07) is 13.7. The first-order chi connectivity index (χ1) is 18.4. The van der Waals surface area contributed by atoms with Crippen molar-refractivity contribution in [1.29, 1.82) is 0 Å². The Bertz CT molecular complexity index is 1360. The van der Waals surface area contributed by atoms with Gasteiger partial charge in [-0.25, -0.2) is 9.18 Å². The predicted molar refractivity (Wildman–Crippen MR) is 145 cm³/mol. The number of nitrogens with zero attached hydrogens (tertiary/aromatic N) is 1. The fraction of sp³-hybridized carbons (Fsp3) is 0.448. The molecule has 0 aliphatic carbocycles. The summed E-state index contributed by atoms with van der Waals surface area (Å²) in [5.74, 6) is -0.767.